The van der Waals surface area contributed by atoms with Crippen molar-refractivity contribution in [1.29, 1.82) is 0 Å². The smallest absolute Gasteiger partial charge is 0.448 e. The largest absolute Gasteiger partial charge is 1.00 e. The van der Waals surface area contributed by atoms with Gasteiger partial charge in [-0.2, -0.15) is 0 Å². The number of hydrogen-bond donors (Lipinski definition) is 0. The number of hydrogen-bond acceptors (Lipinski definition) is 1. The van der Waals surface area contributed by atoms with Gasteiger partial charge in [-0.3, -0.25) is 0 Å². The Hall–Kier alpha value is 1.45. The predicted octanol–water partition coefficient (Wildman–Crippen LogP) is -1.14. The maximum Gasteiger partial charge on any atom is 1.00 e. The average molecular weight is 205 g/mol. The Morgan fingerprint density at radius 3 is 1.92 bits per heavy atom. The van der Waals surface area contributed by atoms with Crippen LogP contribution in [-0.4, -0.2) is 31.4 Å². The summed E-state index contributed by atoms with van der Waals surface area (Å²) in [5.41, 5.74) is 0. The van der Waals surface area contributed by atoms with Crippen LogP contribution in [-0.2, 0) is 0 Å². The number of rotatable bonds is 2. The summed E-state index contributed by atoms with van der Waals surface area (Å²) in [4.78, 5) is 1.50. The van der Waals surface area contributed by atoms with E-state index in [1.54, 1.807) is 0 Å². The third kappa shape index (κ3) is 5.99. The molecule has 1 nitrogen and oxygen atoms in total. The van der Waals surface area contributed by atoms with Gasteiger partial charge in [-0.05, 0) is 32.4 Å². The van der Waals surface area contributed by atoms with Crippen molar-refractivity contribution < 1.29 is 64.3 Å². The van der Waals surface area contributed by atoms with Crippen LogP contribution < -0.4 is 51.4 Å². The zero-order chi connectivity index (χ0) is 8.32. The Labute approximate surface area is 114 Å². The molecule has 6 heteroatoms. The van der Waals surface area contributed by atoms with E-state index in [0.29, 0.717) is 13.1 Å². The van der Waals surface area contributed by atoms with Crippen LogP contribution in [0.15, 0.2) is 0 Å². The third-order valence-electron chi connectivity index (χ3n) is 1.91. The predicted molar refractivity (Wildman–Crippen MR) is 39.4 cm³/mol. The average Bonchev–Trinajstić information content (AvgIpc) is 1.85. The topological polar surface area (TPSA) is 3.24 Å². The van der Waals surface area contributed by atoms with Crippen molar-refractivity contribution in [3.8, 4) is 0 Å². The second-order valence-corrected chi connectivity index (χ2v) is 3.07. The first-order chi connectivity index (χ1) is 5.08. The molecule has 0 unspecified atom stereocenters. The molecule has 0 bridgehead atoms. The number of piperidine rings is 1. The van der Waals surface area contributed by atoms with Crippen molar-refractivity contribution in [2.24, 2.45) is 0 Å². The minimum absolute atomic E-state index is 0. The molecule has 1 fully saturated rings. The van der Waals surface area contributed by atoms with Gasteiger partial charge in [0, 0.05) is 0 Å². The number of likely N-dealkylation sites (tertiary alicyclic amines) is 1. The Morgan fingerprint density at radius 2 is 1.50 bits per heavy atom. The first kappa shape index (κ1) is 13.5. The first-order valence-electron chi connectivity index (χ1n) is 4.01. The zero-order valence-corrected chi connectivity index (χ0v) is 10.5. The molecule has 1 aliphatic heterocycles. The summed E-state index contributed by atoms with van der Waals surface area (Å²) < 4.78 is 35.6. The normalized spacial score (nSPS) is 20.2. The van der Waals surface area contributed by atoms with Gasteiger partial charge < -0.3 is 17.8 Å². The van der Waals surface area contributed by atoms with E-state index in [1.165, 1.54) is 4.90 Å². The Kier molecular flexibility index (Phi) is 6.76. The van der Waals surface area contributed by atoms with E-state index in [2.05, 4.69) is 0 Å². The van der Waals surface area contributed by atoms with Crippen molar-refractivity contribution in [3.63, 3.8) is 0 Å². The van der Waals surface area contributed by atoms with Gasteiger partial charge in [0.15, 0.2) is 0 Å². The van der Waals surface area contributed by atoms with Crippen molar-refractivity contribution in [1.82, 2.24) is 4.90 Å². The van der Waals surface area contributed by atoms with Crippen molar-refractivity contribution >= 4 is 6.98 Å². The quantitative estimate of drug-likeness (QED) is 0.515. The van der Waals surface area contributed by atoms with E-state index >= 15 is 0 Å². The maximum absolute atomic E-state index is 11.9. The minimum atomic E-state index is -4.60. The Balaban J connectivity index is 0.00000121. The van der Waals surface area contributed by atoms with E-state index in [-0.39, 0.29) is 51.4 Å². The van der Waals surface area contributed by atoms with Crippen LogP contribution in [0.3, 0.4) is 0 Å². The fourth-order valence-electron chi connectivity index (χ4n) is 1.43. The molecular weight excluding hydrogens is 193 g/mol. The van der Waals surface area contributed by atoms with Gasteiger partial charge in [0.2, 0.25) is 0 Å². The van der Waals surface area contributed by atoms with Crippen LogP contribution in [0.1, 0.15) is 19.3 Å². The molecule has 0 aromatic heterocycles. The van der Waals surface area contributed by atoms with Gasteiger partial charge >= 0.3 is 58.4 Å². The summed E-state index contributed by atoms with van der Waals surface area (Å²) in [6, 6.07) is 0. The van der Waals surface area contributed by atoms with Gasteiger partial charge in [0.1, 0.15) is 0 Å². The van der Waals surface area contributed by atoms with E-state index in [4.69, 9.17) is 0 Å². The molecule has 0 aliphatic carbocycles. The van der Waals surface area contributed by atoms with Crippen LogP contribution in [0.25, 0.3) is 0 Å². The summed E-state index contributed by atoms with van der Waals surface area (Å²) >= 11 is 0. The molecule has 12 heavy (non-hydrogen) atoms. The molecule has 0 spiro atoms. The molecule has 0 amide bonds. The fourth-order valence-corrected chi connectivity index (χ4v) is 1.43. The summed E-state index contributed by atoms with van der Waals surface area (Å²) in [5.74, 6) is 0. The van der Waals surface area contributed by atoms with E-state index < -0.39 is 13.4 Å². The van der Waals surface area contributed by atoms with E-state index in [1.807, 2.05) is 0 Å². The van der Waals surface area contributed by atoms with Crippen LogP contribution in [0, 0.1) is 0 Å². The standard InChI is InChI=1S/C6H12BF3N.K/c8-7(9,10)6-11-4-2-1-3-5-11;/h1-6H2;/q-1;+1. The molecule has 66 valence electrons. The summed E-state index contributed by atoms with van der Waals surface area (Å²) in [6.07, 6.45) is 2.26. The van der Waals surface area contributed by atoms with Gasteiger partial charge in [0.25, 0.3) is 0 Å². The van der Waals surface area contributed by atoms with Crippen molar-refractivity contribution in [3.05, 3.63) is 0 Å². The van der Waals surface area contributed by atoms with Crippen molar-refractivity contribution in [2.45, 2.75) is 19.3 Å². The zero-order valence-electron chi connectivity index (χ0n) is 7.40. The minimum Gasteiger partial charge on any atom is -0.448 e. The van der Waals surface area contributed by atoms with Gasteiger partial charge in [-0.25, -0.2) is 0 Å². The number of halogens is 3. The summed E-state index contributed by atoms with van der Waals surface area (Å²) in [5, 5.41) is 0. The molecule has 0 aromatic carbocycles. The van der Waals surface area contributed by atoms with E-state index in [9.17, 15) is 12.9 Å². The number of nitrogens with zero attached hydrogens (tertiary/aromatic N) is 1. The molecule has 1 rings (SSSR count). The molecule has 0 atom stereocenters. The summed E-state index contributed by atoms with van der Waals surface area (Å²) in [6.45, 7) is -3.35. The second kappa shape index (κ2) is 6.03. The molecule has 0 saturated carbocycles. The molecule has 0 radical (unpaired) electrons. The monoisotopic (exact) mass is 205 g/mol. The molecular formula is C6H12BF3KN. The first-order valence-corrected chi connectivity index (χ1v) is 4.01. The molecule has 1 saturated heterocycles. The molecule has 1 heterocycles. The van der Waals surface area contributed by atoms with Gasteiger partial charge in [-0.15, -0.1) is 0 Å². The third-order valence-corrected chi connectivity index (χ3v) is 1.91. The summed E-state index contributed by atoms with van der Waals surface area (Å²) in [7, 11) is 0. The Morgan fingerprint density at radius 1 is 1.00 bits per heavy atom. The SMILES string of the molecule is F[B-](F)(F)CN1CCCCC1.[K+]. The fraction of sp³-hybridized carbons (Fsp3) is 1.00. The van der Waals surface area contributed by atoms with E-state index in [0.717, 1.165) is 19.3 Å². The molecule has 0 aromatic rings. The van der Waals surface area contributed by atoms with Gasteiger partial charge in [-0.1, -0.05) is 6.42 Å². The van der Waals surface area contributed by atoms with Crippen LogP contribution in [0.5, 0.6) is 0 Å². The van der Waals surface area contributed by atoms with Gasteiger partial charge in [0.05, 0.1) is 0 Å². The van der Waals surface area contributed by atoms with Crippen LogP contribution >= 0.6 is 0 Å². The van der Waals surface area contributed by atoms with Crippen LogP contribution in [0.2, 0.25) is 0 Å². The van der Waals surface area contributed by atoms with Crippen molar-refractivity contribution in [2.75, 3.05) is 19.5 Å². The Bertz CT molecular complexity index is 124. The molecule has 1 aliphatic rings. The van der Waals surface area contributed by atoms with Crippen LogP contribution in [0.4, 0.5) is 12.9 Å². The second-order valence-electron chi connectivity index (χ2n) is 3.07. The maximum atomic E-state index is 11.9. The molecule has 0 N–H and O–H groups in total.